The Hall–Kier alpha value is -1.36. The molecular weight excluding hydrogens is 290 g/mol. The van der Waals surface area contributed by atoms with Crippen LogP contribution in [0.15, 0.2) is 6.07 Å². The molecule has 0 aliphatic heterocycles. The monoisotopic (exact) mass is 319 g/mol. The van der Waals surface area contributed by atoms with Crippen molar-refractivity contribution >= 4 is 5.91 Å². The Morgan fingerprint density at radius 1 is 1.39 bits per heavy atom. The van der Waals surface area contributed by atoms with Crippen molar-refractivity contribution in [2.24, 2.45) is 5.92 Å². The number of hydrogen-bond donors (Lipinski definition) is 2. The summed E-state index contributed by atoms with van der Waals surface area (Å²) >= 11 is 0. The van der Waals surface area contributed by atoms with Crippen LogP contribution in [0.5, 0.6) is 0 Å². The molecule has 1 aromatic heterocycles. The van der Waals surface area contributed by atoms with Gasteiger partial charge in [0, 0.05) is 12.2 Å². The molecule has 23 heavy (non-hydrogen) atoms. The van der Waals surface area contributed by atoms with Crippen LogP contribution in [0.25, 0.3) is 0 Å². The summed E-state index contributed by atoms with van der Waals surface area (Å²) in [6.45, 7) is 4.50. The van der Waals surface area contributed by atoms with E-state index in [4.69, 9.17) is 0 Å². The fourth-order valence-corrected chi connectivity index (χ4v) is 3.69. The molecule has 0 saturated heterocycles. The van der Waals surface area contributed by atoms with Crippen LogP contribution < -0.4 is 5.32 Å². The zero-order chi connectivity index (χ0) is 16.4. The molecule has 0 aromatic carbocycles. The first-order chi connectivity index (χ1) is 11.0. The molecule has 3 rings (SSSR count). The average molecular weight is 319 g/mol. The molecule has 0 radical (unpaired) electrons. The number of hydrogen-bond acceptors (Lipinski definition) is 3. The molecule has 2 saturated carbocycles. The van der Waals surface area contributed by atoms with E-state index >= 15 is 0 Å². The molecule has 1 unspecified atom stereocenters. The summed E-state index contributed by atoms with van der Waals surface area (Å²) in [4.78, 5) is 12.4. The van der Waals surface area contributed by atoms with Crippen molar-refractivity contribution in [1.29, 1.82) is 0 Å². The minimum atomic E-state index is -0.745. The lowest BCUT2D eigenvalue weighted by Crippen LogP contribution is -2.42. The molecule has 0 spiro atoms. The zero-order valence-electron chi connectivity index (χ0n) is 14.3. The second kappa shape index (κ2) is 6.63. The molecule has 1 aromatic rings. The second-order valence-electron chi connectivity index (χ2n) is 7.51. The van der Waals surface area contributed by atoms with Gasteiger partial charge in [-0.15, -0.1) is 0 Å². The smallest absolute Gasteiger partial charge is 0.271 e. The minimum Gasteiger partial charge on any atom is -0.388 e. The maximum Gasteiger partial charge on any atom is 0.271 e. The van der Waals surface area contributed by atoms with Gasteiger partial charge >= 0.3 is 0 Å². The lowest BCUT2D eigenvalue weighted by molar-refractivity contribution is 0.0245. The standard InChI is InChI=1S/C18H29N3O2/c1-13-11-16(20-21(13)14(2)15-7-8-15)17(22)19-12-18(23)9-5-3-4-6-10-18/h11,14-15,23H,3-10,12H2,1-2H3,(H,19,22). The highest BCUT2D eigenvalue weighted by Crippen LogP contribution is 2.39. The van der Waals surface area contributed by atoms with Crippen molar-refractivity contribution < 1.29 is 9.90 Å². The zero-order valence-corrected chi connectivity index (χ0v) is 14.3. The van der Waals surface area contributed by atoms with Crippen LogP contribution >= 0.6 is 0 Å². The van der Waals surface area contributed by atoms with E-state index < -0.39 is 5.60 Å². The molecule has 5 nitrogen and oxygen atoms in total. The highest BCUT2D eigenvalue weighted by Gasteiger charge is 2.32. The van der Waals surface area contributed by atoms with Crippen molar-refractivity contribution in [3.8, 4) is 0 Å². The summed E-state index contributed by atoms with van der Waals surface area (Å²) in [5, 5.41) is 18.0. The number of amides is 1. The molecule has 1 heterocycles. The summed E-state index contributed by atoms with van der Waals surface area (Å²) in [6.07, 6.45) is 8.51. The third-order valence-corrected chi connectivity index (χ3v) is 5.46. The summed E-state index contributed by atoms with van der Waals surface area (Å²) < 4.78 is 1.98. The highest BCUT2D eigenvalue weighted by molar-refractivity contribution is 5.92. The number of aryl methyl sites for hydroxylation is 1. The average Bonchev–Trinajstić information content (AvgIpc) is 3.32. The predicted octanol–water partition coefficient (Wildman–Crippen LogP) is 2.98. The molecular formula is C18H29N3O2. The molecule has 128 valence electrons. The fraction of sp³-hybridized carbons (Fsp3) is 0.778. The van der Waals surface area contributed by atoms with Gasteiger partial charge in [0.05, 0.1) is 11.6 Å². The Morgan fingerprint density at radius 3 is 2.65 bits per heavy atom. The largest absolute Gasteiger partial charge is 0.388 e. The third-order valence-electron chi connectivity index (χ3n) is 5.46. The highest BCUT2D eigenvalue weighted by atomic mass is 16.3. The van der Waals surface area contributed by atoms with Gasteiger partial charge in [-0.05, 0) is 51.5 Å². The molecule has 2 aliphatic rings. The van der Waals surface area contributed by atoms with Crippen LogP contribution in [0.4, 0.5) is 0 Å². The summed E-state index contributed by atoms with van der Waals surface area (Å²) in [6, 6.07) is 2.22. The van der Waals surface area contributed by atoms with Crippen LogP contribution in [0.3, 0.4) is 0 Å². The number of rotatable bonds is 5. The Morgan fingerprint density at radius 2 is 2.04 bits per heavy atom. The van der Waals surface area contributed by atoms with Crippen LogP contribution in [-0.2, 0) is 0 Å². The predicted molar refractivity (Wildman–Crippen MR) is 89.4 cm³/mol. The number of carbonyl (C=O) groups excluding carboxylic acids is 1. The second-order valence-corrected chi connectivity index (χ2v) is 7.51. The molecule has 0 bridgehead atoms. The SMILES string of the molecule is Cc1cc(C(=O)NCC2(O)CCCCCC2)nn1C(C)C1CC1. The molecule has 2 fully saturated rings. The first-order valence-electron chi connectivity index (χ1n) is 9.05. The van der Waals surface area contributed by atoms with Gasteiger partial charge in [0.1, 0.15) is 5.69 Å². The first kappa shape index (κ1) is 16.5. The van der Waals surface area contributed by atoms with E-state index in [0.717, 1.165) is 31.4 Å². The molecule has 1 amide bonds. The van der Waals surface area contributed by atoms with E-state index in [2.05, 4.69) is 17.3 Å². The van der Waals surface area contributed by atoms with Gasteiger partial charge in [-0.1, -0.05) is 25.7 Å². The fourth-order valence-electron chi connectivity index (χ4n) is 3.69. The van der Waals surface area contributed by atoms with Crippen molar-refractivity contribution in [3.63, 3.8) is 0 Å². The number of nitrogens with zero attached hydrogens (tertiary/aromatic N) is 2. The van der Waals surface area contributed by atoms with Crippen molar-refractivity contribution in [1.82, 2.24) is 15.1 Å². The Bertz CT molecular complexity index is 555. The summed E-state index contributed by atoms with van der Waals surface area (Å²) in [5.41, 5.74) is 0.750. The quantitative estimate of drug-likeness (QED) is 0.820. The van der Waals surface area contributed by atoms with Gasteiger partial charge in [-0.25, -0.2) is 0 Å². The summed E-state index contributed by atoms with van der Waals surface area (Å²) in [7, 11) is 0. The van der Waals surface area contributed by atoms with Gasteiger partial charge in [0.2, 0.25) is 0 Å². The van der Waals surface area contributed by atoms with Gasteiger partial charge in [0.25, 0.3) is 5.91 Å². The van der Waals surface area contributed by atoms with E-state index in [-0.39, 0.29) is 5.91 Å². The molecule has 5 heteroatoms. The van der Waals surface area contributed by atoms with Crippen LogP contribution in [0.1, 0.15) is 80.5 Å². The lowest BCUT2D eigenvalue weighted by Gasteiger charge is -2.26. The Balaban J connectivity index is 1.60. The Kier molecular flexibility index (Phi) is 4.76. The molecule has 1 atom stereocenters. The van der Waals surface area contributed by atoms with E-state index in [1.807, 2.05) is 17.7 Å². The Labute approximate surface area is 138 Å². The van der Waals surface area contributed by atoms with E-state index in [1.54, 1.807) is 0 Å². The third kappa shape index (κ3) is 3.94. The van der Waals surface area contributed by atoms with E-state index in [0.29, 0.717) is 24.2 Å². The van der Waals surface area contributed by atoms with Crippen molar-refractivity contribution in [2.75, 3.05) is 6.54 Å². The van der Waals surface area contributed by atoms with Gasteiger partial charge in [-0.2, -0.15) is 5.10 Å². The van der Waals surface area contributed by atoms with Crippen LogP contribution in [0, 0.1) is 12.8 Å². The number of aromatic nitrogens is 2. The molecule has 2 N–H and O–H groups in total. The molecule has 2 aliphatic carbocycles. The summed E-state index contributed by atoms with van der Waals surface area (Å²) in [5.74, 6) is 0.531. The van der Waals surface area contributed by atoms with E-state index in [1.165, 1.54) is 25.7 Å². The minimum absolute atomic E-state index is 0.174. The van der Waals surface area contributed by atoms with Crippen molar-refractivity contribution in [2.45, 2.75) is 76.9 Å². The maximum atomic E-state index is 12.4. The van der Waals surface area contributed by atoms with Crippen LogP contribution in [-0.4, -0.2) is 32.9 Å². The normalized spacial score (nSPS) is 22.4. The van der Waals surface area contributed by atoms with Gasteiger partial charge < -0.3 is 10.4 Å². The van der Waals surface area contributed by atoms with Crippen molar-refractivity contribution in [3.05, 3.63) is 17.5 Å². The number of carbonyl (C=O) groups is 1. The van der Waals surface area contributed by atoms with E-state index in [9.17, 15) is 9.90 Å². The van der Waals surface area contributed by atoms with Gasteiger partial charge in [0.15, 0.2) is 0 Å². The topological polar surface area (TPSA) is 67.2 Å². The van der Waals surface area contributed by atoms with Crippen LogP contribution in [0.2, 0.25) is 0 Å². The lowest BCUT2D eigenvalue weighted by atomic mass is 9.94. The van der Waals surface area contributed by atoms with Gasteiger partial charge in [-0.3, -0.25) is 9.48 Å². The first-order valence-corrected chi connectivity index (χ1v) is 9.05. The number of nitrogens with one attached hydrogen (secondary N) is 1. The number of aliphatic hydroxyl groups is 1. The maximum absolute atomic E-state index is 12.4.